The van der Waals surface area contributed by atoms with E-state index in [-0.39, 0.29) is 12.9 Å². The number of fused-ring (bicyclic) bond motifs is 1. The lowest BCUT2D eigenvalue weighted by atomic mass is 9.53. The fraction of sp³-hybridized carbons (Fsp3) is 0.720. The van der Waals surface area contributed by atoms with Crippen LogP contribution in [0.1, 0.15) is 82.8 Å². The highest BCUT2D eigenvalue weighted by Gasteiger charge is 2.51. The van der Waals surface area contributed by atoms with Crippen molar-refractivity contribution in [2.45, 2.75) is 95.6 Å². The van der Waals surface area contributed by atoms with Gasteiger partial charge in [0, 0.05) is 11.5 Å². The van der Waals surface area contributed by atoms with Gasteiger partial charge < -0.3 is 19.5 Å². The quantitative estimate of drug-likeness (QED) is 0.449. The Morgan fingerprint density at radius 2 is 2.03 bits per heavy atom. The third-order valence-electron chi connectivity index (χ3n) is 7.51. The van der Waals surface area contributed by atoms with Gasteiger partial charge in [0.05, 0.1) is 0 Å². The minimum absolute atomic E-state index is 0.0635. The number of ether oxygens (including phenoxy) is 3. The van der Waals surface area contributed by atoms with Crippen molar-refractivity contribution in [3.8, 4) is 5.75 Å². The van der Waals surface area contributed by atoms with Crippen LogP contribution in [0, 0.1) is 5.92 Å². The highest BCUT2D eigenvalue weighted by molar-refractivity contribution is 5.60. The third kappa shape index (κ3) is 4.32. The van der Waals surface area contributed by atoms with E-state index in [9.17, 15) is 4.79 Å². The van der Waals surface area contributed by atoms with E-state index in [0.717, 1.165) is 50.3 Å². The molecule has 1 heterocycles. The van der Waals surface area contributed by atoms with Gasteiger partial charge in [-0.1, -0.05) is 45.6 Å². The normalized spacial score (nSPS) is 27.2. The smallest absolute Gasteiger partial charge is 0.457 e. The van der Waals surface area contributed by atoms with Gasteiger partial charge in [0.25, 0.3) is 0 Å². The molecule has 30 heavy (non-hydrogen) atoms. The zero-order chi connectivity index (χ0) is 21.0. The van der Waals surface area contributed by atoms with Crippen LogP contribution < -0.4 is 10.1 Å². The first kappa shape index (κ1) is 21.5. The summed E-state index contributed by atoms with van der Waals surface area (Å²) < 4.78 is 16.5. The molecule has 4 rings (SSSR count). The predicted octanol–water partition coefficient (Wildman–Crippen LogP) is 5.49. The molecule has 2 fully saturated rings. The summed E-state index contributed by atoms with van der Waals surface area (Å²) in [6.45, 7) is 5.19. The fourth-order valence-electron chi connectivity index (χ4n) is 6.22. The van der Waals surface area contributed by atoms with E-state index < -0.39 is 6.16 Å². The Bertz CT molecular complexity index is 726. The standard InChI is InChI=1S/C25H37NO4/c1-3-7-19(8-4-2)30-24(27)29-17-28-20-11-10-18-15-23-21-9-5-6-12-25(21,13-14-26-23)22(18)16-20/h10-11,16,19,21,23,26H,3-9,12-15,17H2,1-2H3/t21-,23+,25+/m0/s1. The van der Waals surface area contributed by atoms with E-state index >= 15 is 0 Å². The van der Waals surface area contributed by atoms with Gasteiger partial charge in [-0.25, -0.2) is 4.79 Å². The lowest BCUT2D eigenvalue weighted by Crippen LogP contribution is -2.59. The summed E-state index contributed by atoms with van der Waals surface area (Å²) in [5.74, 6) is 1.53. The summed E-state index contributed by atoms with van der Waals surface area (Å²) in [5, 5.41) is 3.78. The number of rotatable bonds is 8. The summed E-state index contributed by atoms with van der Waals surface area (Å²) in [7, 11) is 0. The zero-order valence-electron chi connectivity index (χ0n) is 18.6. The second-order valence-corrected chi connectivity index (χ2v) is 9.32. The second kappa shape index (κ2) is 9.59. The minimum atomic E-state index is -0.632. The highest BCUT2D eigenvalue weighted by atomic mass is 16.8. The van der Waals surface area contributed by atoms with Crippen molar-refractivity contribution in [3.63, 3.8) is 0 Å². The van der Waals surface area contributed by atoms with Gasteiger partial charge in [0.2, 0.25) is 6.79 Å². The van der Waals surface area contributed by atoms with E-state index in [0.29, 0.717) is 11.5 Å². The van der Waals surface area contributed by atoms with Crippen molar-refractivity contribution in [2.24, 2.45) is 5.92 Å². The number of nitrogens with one attached hydrogen (secondary N) is 1. The molecule has 5 nitrogen and oxygen atoms in total. The average molecular weight is 416 g/mol. The number of hydrogen-bond acceptors (Lipinski definition) is 5. The number of piperidine rings is 1. The van der Waals surface area contributed by atoms with E-state index in [1.165, 1.54) is 43.2 Å². The molecule has 0 radical (unpaired) electrons. The van der Waals surface area contributed by atoms with Crippen LogP contribution >= 0.6 is 0 Å². The van der Waals surface area contributed by atoms with Crippen LogP contribution in [0.15, 0.2) is 18.2 Å². The second-order valence-electron chi connectivity index (χ2n) is 9.32. The van der Waals surface area contributed by atoms with E-state index in [1.54, 1.807) is 0 Å². The Kier molecular flexibility index (Phi) is 6.87. The number of hydrogen-bond donors (Lipinski definition) is 1. The molecule has 1 saturated carbocycles. The van der Waals surface area contributed by atoms with Gasteiger partial charge in [-0.3, -0.25) is 0 Å². The molecule has 5 heteroatoms. The van der Waals surface area contributed by atoms with Crippen molar-refractivity contribution in [1.29, 1.82) is 0 Å². The molecule has 0 spiro atoms. The van der Waals surface area contributed by atoms with E-state index in [1.807, 2.05) is 6.07 Å². The van der Waals surface area contributed by atoms with E-state index in [2.05, 4.69) is 31.3 Å². The first-order valence-electron chi connectivity index (χ1n) is 12.0. The molecule has 2 bridgehead atoms. The van der Waals surface area contributed by atoms with Crippen molar-refractivity contribution in [3.05, 3.63) is 29.3 Å². The zero-order valence-corrected chi connectivity index (χ0v) is 18.6. The van der Waals surface area contributed by atoms with Gasteiger partial charge in [0.15, 0.2) is 0 Å². The van der Waals surface area contributed by atoms with Crippen LogP contribution in [-0.2, 0) is 21.3 Å². The average Bonchev–Trinajstić information content (AvgIpc) is 2.74. The van der Waals surface area contributed by atoms with E-state index in [4.69, 9.17) is 14.2 Å². The minimum Gasteiger partial charge on any atom is -0.457 e. The SMILES string of the molecule is CCCC(CCC)OC(=O)OCOc1ccc2c(c1)[C@@]13CCCC[C@H]1[C@@H](C2)NCC3. The van der Waals surface area contributed by atoms with Crippen LogP contribution in [0.25, 0.3) is 0 Å². The van der Waals surface area contributed by atoms with Crippen molar-refractivity contribution in [1.82, 2.24) is 5.32 Å². The fourth-order valence-corrected chi connectivity index (χ4v) is 6.22. The third-order valence-corrected chi connectivity index (χ3v) is 7.51. The molecule has 1 saturated heterocycles. The number of carbonyl (C=O) groups excluding carboxylic acids is 1. The van der Waals surface area contributed by atoms with Crippen LogP contribution in [-0.4, -0.2) is 31.6 Å². The predicted molar refractivity (Wildman–Crippen MR) is 117 cm³/mol. The summed E-state index contributed by atoms with van der Waals surface area (Å²) in [4.78, 5) is 12.0. The first-order chi connectivity index (χ1) is 14.7. The molecule has 1 aromatic carbocycles. The van der Waals surface area contributed by atoms with Crippen molar-refractivity contribution in [2.75, 3.05) is 13.3 Å². The molecule has 1 aliphatic heterocycles. The molecule has 3 aliphatic rings. The van der Waals surface area contributed by atoms with Gasteiger partial charge in [-0.15, -0.1) is 0 Å². The molecule has 166 valence electrons. The van der Waals surface area contributed by atoms with Crippen LogP contribution in [0.5, 0.6) is 5.75 Å². The molecule has 1 N–H and O–H groups in total. The Labute approximate surface area is 180 Å². The largest absolute Gasteiger partial charge is 0.511 e. The van der Waals surface area contributed by atoms with Crippen molar-refractivity contribution >= 4 is 6.16 Å². The lowest BCUT2D eigenvalue weighted by molar-refractivity contribution is -0.0189. The Morgan fingerprint density at radius 3 is 2.83 bits per heavy atom. The molecular formula is C25H37NO4. The maximum Gasteiger partial charge on any atom is 0.511 e. The maximum absolute atomic E-state index is 12.0. The Balaban J connectivity index is 1.38. The topological polar surface area (TPSA) is 56.8 Å². The maximum atomic E-state index is 12.0. The molecule has 2 aliphatic carbocycles. The number of benzene rings is 1. The molecule has 0 aromatic heterocycles. The van der Waals surface area contributed by atoms with Crippen molar-refractivity contribution < 1.29 is 19.0 Å². The Hall–Kier alpha value is -1.75. The Morgan fingerprint density at radius 1 is 1.20 bits per heavy atom. The summed E-state index contributed by atoms with van der Waals surface area (Å²) >= 11 is 0. The lowest BCUT2D eigenvalue weighted by Gasteiger charge is -2.56. The molecular weight excluding hydrogens is 378 g/mol. The highest BCUT2D eigenvalue weighted by Crippen LogP contribution is 2.54. The molecule has 0 amide bonds. The summed E-state index contributed by atoms with van der Waals surface area (Å²) in [5.41, 5.74) is 3.24. The molecule has 3 atom stereocenters. The summed E-state index contributed by atoms with van der Waals surface area (Å²) in [6.07, 6.45) is 10.6. The van der Waals surface area contributed by atoms with Gasteiger partial charge in [-0.2, -0.15) is 0 Å². The molecule has 0 unspecified atom stereocenters. The van der Waals surface area contributed by atoms with Crippen LogP contribution in [0.3, 0.4) is 0 Å². The first-order valence-corrected chi connectivity index (χ1v) is 12.0. The number of carbonyl (C=O) groups is 1. The monoisotopic (exact) mass is 415 g/mol. The van der Waals surface area contributed by atoms with Gasteiger partial charge >= 0.3 is 6.16 Å². The summed E-state index contributed by atoms with van der Waals surface area (Å²) in [6, 6.07) is 7.07. The van der Waals surface area contributed by atoms with Gasteiger partial charge in [0.1, 0.15) is 11.9 Å². The van der Waals surface area contributed by atoms with Crippen LogP contribution in [0.4, 0.5) is 4.79 Å². The van der Waals surface area contributed by atoms with Gasteiger partial charge in [-0.05, 0) is 74.2 Å². The van der Waals surface area contributed by atoms with Crippen LogP contribution in [0.2, 0.25) is 0 Å². The molecule has 1 aromatic rings.